The van der Waals surface area contributed by atoms with E-state index in [2.05, 4.69) is 10.6 Å². The lowest BCUT2D eigenvalue weighted by atomic mass is 10.1. The minimum Gasteiger partial charge on any atom is -0.469 e. The summed E-state index contributed by atoms with van der Waals surface area (Å²) in [6, 6.07) is 7.86. The van der Waals surface area contributed by atoms with Gasteiger partial charge in [0.25, 0.3) is 5.91 Å². The third-order valence-electron chi connectivity index (χ3n) is 3.74. The van der Waals surface area contributed by atoms with E-state index in [1.54, 1.807) is 38.6 Å². The van der Waals surface area contributed by atoms with Crippen molar-refractivity contribution in [3.63, 3.8) is 0 Å². The first-order chi connectivity index (χ1) is 12.4. The summed E-state index contributed by atoms with van der Waals surface area (Å²) in [5.41, 5.74) is 0.829. The molecule has 140 valence electrons. The number of nitrogens with one attached hydrogen (secondary N) is 2. The van der Waals surface area contributed by atoms with Crippen LogP contribution < -0.4 is 10.6 Å². The van der Waals surface area contributed by atoms with Gasteiger partial charge in [-0.25, -0.2) is 4.79 Å². The van der Waals surface area contributed by atoms with Crippen LogP contribution in [0, 0.1) is 5.92 Å². The van der Waals surface area contributed by atoms with Gasteiger partial charge in [0, 0.05) is 45.3 Å². The molecule has 0 fully saturated rings. The number of hydrogen-bond donors (Lipinski definition) is 3. The standard InChI is InChI=1S/C18H22ClN3O4/c1-22(2)17(24)15-6-5-13(9-16(15)19)21-18(25)20-10-12(11-23)8-14-4-3-7-26-14/h3-7,9,12,23H,8,10-11H2,1-2H3,(H2,20,21,25)/t12-/m1/s1. The van der Waals surface area contributed by atoms with Crippen LogP contribution in [-0.4, -0.2) is 49.2 Å². The minimum atomic E-state index is -0.425. The van der Waals surface area contributed by atoms with E-state index in [1.807, 2.05) is 6.07 Å². The largest absolute Gasteiger partial charge is 0.469 e. The summed E-state index contributed by atoms with van der Waals surface area (Å²) in [5, 5.41) is 15.0. The van der Waals surface area contributed by atoms with Gasteiger partial charge >= 0.3 is 6.03 Å². The van der Waals surface area contributed by atoms with Crippen molar-refractivity contribution < 1.29 is 19.1 Å². The van der Waals surface area contributed by atoms with Crippen LogP contribution in [0.25, 0.3) is 0 Å². The van der Waals surface area contributed by atoms with Gasteiger partial charge in [-0.05, 0) is 30.3 Å². The van der Waals surface area contributed by atoms with Crippen molar-refractivity contribution in [2.24, 2.45) is 5.92 Å². The molecule has 2 aromatic rings. The van der Waals surface area contributed by atoms with Crippen molar-refractivity contribution in [1.29, 1.82) is 0 Å². The molecule has 3 N–H and O–H groups in total. The van der Waals surface area contributed by atoms with Crippen molar-refractivity contribution in [1.82, 2.24) is 10.2 Å². The maximum absolute atomic E-state index is 12.0. The number of nitrogens with zero attached hydrogens (tertiary/aromatic N) is 1. The van der Waals surface area contributed by atoms with Crippen molar-refractivity contribution in [3.05, 3.63) is 52.9 Å². The fourth-order valence-electron chi connectivity index (χ4n) is 2.33. The van der Waals surface area contributed by atoms with E-state index in [-0.39, 0.29) is 30.0 Å². The second kappa shape index (κ2) is 9.26. The van der Waals surface area contributed by atoms with Crippen LogP contribution in [0.5, 0.6) is 0 Å². The molecule has 1 atom stereocenters. The summed E-state index contributed by atoms with van der Waals surface area (Å²) in [6.07, 6.45) is 2.09. The maximum Gasteiger partial charge on any atom is 0.319 e. The molecular weight excluding hydrogens is 358 g/mol. The number of hydrogen-bond acceptors (Lipinski definition) is 4. The number of benzene rings is 1. The van der Waals surface area contributed by atoms with Gasteiger partial charge in [0.15, 0.2) is 0 Å². The van der Waals surface area contributed by atoms with E-state index in [4.69, 9.17) is 16.0 Å². The number of carbonyl (C=O) groups excluding carboxylic acids is 2. The second-order valence-electron chi connectivity index (χ2n) is 6.06. The molecule has 26 heavy (non-hydrogen) atoms. The molecule has 0 saturated carbocycles. The molecule has 0 aliphatic rings. The van der Waals surface area contributed by atoms with Crippen molar-refractivity contribution >= 4 is 29.2 Å². The smallest absolute Gasteiger partial charge is 0.319 e. The molecule has 7 nitrogen and oxygen atoms in total. The predicted octanol–water partition coefficient (Wildman–Crippen LogP) is 2.61. The second-order valence-corrected chi connectivity index (χ2v) is 6.47. The Bertz CT molecular complexity index is 747. The summed E-state index contributed by atoms with van der Waals surface area (Å²) in [5.74, 6) is 0.379. The summed E-state index contributed by atoms with van der Waals surface area (Å²) >= 11 is 6.12. The minimum absolute atomic E-state index is 0.0752. The summed E-state index contributed by atoms with van der Waals surface area (Å²) < 4.78 is 5.24. The zero-order valence-electron chi connectivity index (χ0n) is 14.7. The summed E-state index contributed by atoms with van der Waals surface area (Å²) in [4.78, 5) is 25.4. The first-order valence-electron chi connectivity index (χ1n) is 8.10. The number of aliphatic hydroxyl groups is 1. The molecule has 1 aromatic carbocycles. The normalized spacial score (nSPS) is 11.7. The Hall–Kier alpha value is -2.51. The summed E-state index contributed by atoms with van der Waals surface area (Å²) in [7, 11) is 3.27. The maximum atomic E-state index is 12.0. The highest BCUT2D eigenvalue weighted by atomic mass is 35.5. The molecule has 0 saturated heterocycles. The quantitative estimate of drug-likeness (QED) is 0.689. The Kier molecular flexibility index (Phi) is 7.06. The number of carbonyl (C=O) groups is 2. The average molecular weight is 380 g/mol. The van der Waals surface area contributed by atoms with Crippen LogP contribution in [0.15, 0.2) is 41.0 Å². The Morgan fingerprint density at radius 3 is 2.65 bits per heavy atom. The molecule has 0 spiro atoms. The van der Waals surface area contributed by atoms with E-state index in [0.29, 0.717) is 17.7 Å². The van der Waals surface area contributed by atoms with Crippen LogP contribution in [0.4, 0.5) is 10.5 Å². The lowest BCUT2D eigenvalue weighted by molar-refractivity contribution is 0.0828. The molecule has 0 radical (unpaired) electrons. The van der Waals surface area contributed by atoms with Crippen LogP contribution in [0.1, 0.15) is 16.1 Å². The molecule has 0 aliphatic carbocycles. The van der Waals surface area contributed by atoms with Gasteiger partial charge in [-0.2, -0.15) is 0 Å². The number of amides is 3. The van der Waals surface area contributed by atoms with Crippen molar-refractivity contribution in [2.75, 3.05) is 32.6 Å². The number of furan rings is 1. The van der Waals surface area contributed by atoms with Crippen LogP contribution in [-0.2, 0) is 6.42 Å². The first kappa shape index (κ1) is 19.8. The highest BCUT2D eigenvalue weighted by molar-refractivity contribution is 6.34. The first-order valence-corrected chi connectivity index (χ1v) is 8.47. The van der Waals surface area contributed by atoms with Gasteiger partial charge in [-0.3, -0.25) is 4.79 Å². The van der Waals surface area contributed by atoms with Crippen LogP contribution in [0.2, 0.25) is 5.02 Å². The molecule has 0 bridgehead atoms. The Labute approximate surface area is 156 Å². The van der Waals surface area contributed by atoms with E-state index < -0.39 is 6.03 Å². The predicted molar refractivity (Wildman–Crippen MR) is 99.5 cm³/mol. The van der Waals surface area contributed by atoms with Gasteiger partial charge in [-0.1, -0.05) is 11.6 Å². The lowest BCUT2D eigenvalue weighted by Gasteiger charge is -2.15. The lowest BCUT2D eigenvalue weighted by Crippen LogP contribution is -2.35. The molecule has 8 heteroatoms. The number of aliphatic hydroxyl groups excluding tert-OH is 1. The van der Waals surface area contributed by atoms with E-state index in [1.165, 1.54) is 11.0 Å². The highest BCUT2D eigenvalue weighted by Crippen LogP contribution is 2.22. The van der Waals surface area contributed by atoms with Crippen LogP contribution >= 0.6 is 11.6 Å². The fraction of sp³-hybridized carbons (Fsp3) is 0.333. The monoisotopic (exact) mass is 379 g/mol. The summed E-state index contributed by atoms with van der Waals surface area (Å²) in [6.45, 7) is 0.210. The highest BCUT2D eigenvalue weighted by Gasteiger charge is 2.15. The molecule has 2 rings (SSSR count). The Morgan fingerprint density at radius 1 is 1.31 bits per heavy atom. The topological polar surface area (TPSA) is 94.8 Å². The van der Waals surface area contributed by atoms with Gasteiger partial charge in [0.2, 0.25) is 0 Å². The van der Waals surface area contributed by atoms with Crippen LogP contribution in [0.3, 0.4) is 0 Å². The molecule has 0 aliphatic heterocycles. The number of rotatable bonds is 7. The number of halogens is 1. The van der Waals surface area contributed by atoms with Gasteiger partial charge in [0.1, 0.15) is 5.76 Å². The third-order valence-corrected chi connectivity index (χ3v) is 4.06. The van der Waals surface area contributed by atoms with Crippen molar-refractivity contribution in [2.45, 2.75) is 6.42 Å². The van der Waals surface area contributed by atoms with E-state index >= 15 is 0 Å². The number of urea groups is 1. The molecular formula is C18H22ClN3O4. The van der Waals surface area contributed by atoms with Crippen molar-refractivity contribution in [3.8, 4) is 0 Å². The van der Waals surface area contributed by atoms with Gasteiger partial charge < -0.3 is 25.1 Å². The SMILES string of the molecule is CN(C)C(=O)c1ccc(NC(=O)NC[C@H](CO)Cc2ccco2)cc1Cl. The van der Waals surface area contributed by atoms with E-state index in [0.717, 1.165) is 5.76 Å². The molecule has 0 unspecified atom stereocenters. The van der Waals surface area contributed by atoms with Gasteiger partial charge in [0.05, 0.1) is 16.8 Å². The zero-order chi connectivity index (χ0) is 19.1. The molecule has 3 amide bonds. The zero-order valence-corrected chi connectivity index (χ0v) is 15.4. The Balaban J connectivity index is 1.89. The average Bonchev–Trinajstić information content (AvgIpc) is 3.11. The molecule has 1 heterocycles. The third kappa shape index (κ3) is 5.50. The Morgan fingerprint density at radius 2 is 2.08 bits per heavy atom. The fourth-order valence-corrected chi connectivity index (χ4v) is 2.60. The van der Waals surface area contributed by atoms with Gasteiger partial charge in [-0.15, -0.1) is 0 Å². The molecule has 1 aromatic heterocycles. The van der Waals surface area contributed by atoms with E-state index in [9.17, 15) is 14.7 Å². The number of anilines is 1.